The van der Waals surface area contributed by atoms with Gasteiger partial charge in [-0.1, -0.05) is 34.1 Å². The van der Waals surface area contributed by atoms with Gasteiger partial charge in [0.05, 0.1) is 6.33 Å². The standard InChI is InChI=1S/C25H28BrN7O5S/c1-14(29-25(35)36)22(34)32-9-6-15(7-10-32)8-11-33-13-28-20(27)19-21(33)31-24(30-19)39-18-12-37-23(38-18)16-4-2-3-5-17(16)26/h2-5,12-15,23,29H,6-11,27H2,1H3,(H,35,36)/t14-,23?/m0/s1. The summed E-state index contributed by atoms with van der Waals surface area (Å²) in [5, 5.41) is 12.1. The van der Waals surface area contributed by atoms with Crippen molar-refractivity contribution >= 4 is 45.5 Å². The van der Waals surface area contributed by atoms with Crippen LogP contribution in [0.25, 0.3) is 11.5 Å². The number of carbonyl (C=O) groups excluding carboxylic acids is 1. The van der Waals surface area contributed by atoms with E-state index >= 15 is 0 Å². The van der Waals surface area contributed by atoms with E-state index in [2.05, 4.69) is 31.2 Å². The first-order valence-electron chi connectivity index (χ1n) is 12.5. The zero-order valence-electron chi connectivity index (χ0n) is 21.1. The Hall–Kier alpha value is -3.52. The summed E-state index contributed by atoms with van der Waals surface area (Å²) in [6, 6.07) is 6.95. The number of benzene rings is 1. The number of nitrogen functional groups attached to an aromatic ring is 1. The molecule has 0 aliphatic carbocycles. The third kappa shape index (κ3) is 6.22. The molecule has 1 aromatic rings. The molecule has 12 nitrogen and oxygen atoms in total. The van der Waals surface area contributed by atoms with E-state index in [9.17, 15) is 9.59 Å². The van der Waals surface area contributed by atoms with E-state index < -0.39 is 18.4 Å². The molecule has 4 aliphatic rings. The van der Waals surface area contributed by atoms with Crippen molar-refractivity contribution in [1.82, 2.24) is 29.7 Å². The number of fused-ring (bicyclic) bond motifs is 1. The van der Waals surface area contributed by atoms with E-state index in [1.54, 1.807) is 24.4 Å². The summed E-state index contributed by atoms with van der Waals surface area (Å²) in [5.74, 6) is 1.17. The molecule has 0 saturated carbocycles. The highest BCUT2D eigenvalue weighted by Crippen LogP contribution is 2.40. The lowest BCUT2D eigenvalue weighted by Gasteiger charge is -2.33. The van der Waals surface area contributed by atoms with Gasteiger partial charge in [-0.25, -0.2) is 19.7 Å². The van der Waals surface area contributed by atoms with E-state index in [-0.39, 0.29) is 5.91 Å². The monoisotopic (exact) mass is 617 g/mol. The topological polar surface area (TPSA) is 158 Å². The minimum Gasteiger partial charge on any atom is -0.465 e. The van der Waals surface area contributed by atoms with Crippen molar-refractivity contribution in [3.8, 4) is 11.5 Å². The maximum Gasteiger partial charge on any atom is 0.405 e. The fourth-order valence-electron chi connectivity index (χ4n) is 4.65. The molecule has 4 N–H and O–H groups in total. The Bertz CT molecular complexity index is 1360. The SMILES string of the molecule is C[C@H](NC(=O)O)C(=O)N1CCC(CCn2cnc(N)c3nc(SC4=COC(c5ccccc5Br)O4)nc2-3)CC1. The van der Waals surface area contributed by atoms with Crippen LogP contribution >= 0.6 is 27.7 Å². The highest BCUT2D eigenvalue weighted by atomic mass is 79.9. The largest absolute Gasteiger partial charge is 0.465 e. The van der Waals surface area contributed by atoms with Crippen molar-refractivity contribution in [2.24, 2.45) is 5.92 Å². The van der Waals surface area contributed by atoms with Gasteiger partial charge in [-0.2, -0.15) is 0 Å². The number of aryl methyl sites for hydroxylation is 1. The molecular formula is C25H28BrN7O5S. The summed E-state index contributed by atoms with van der Waals surface area (Å²) in [4.78, 5) is 38.6. The Kier molecular flexibility index (Phi) is 8.12. The molecule has 0 bridgehead atoms. The molecule has 1 unspecified atom stereocenters. The Morgan fingerprint density at radius 3 is 2.79 bits per heavy atom. The number of amides is 2. The minimum absolute atomic E-state index is 0.193. The number of rotatable bonds is 8. The number of thioether (sulfide) groups is 1. The summed E-state index contributed by atoms with van der Waals surface area (Å²) < 4.78 is 14.5. The lowest BCUT2D eigenvalue weighted by Crippen LogP contribution is -2.49. The van der Waals surface area contributed by atoms with Crippen LogP contribution in [0.5, 0.6) is 0 Å². The second kappa shape index (κ2) is 11.7. The normalized spacial score (nSPS) is 18.4. The van der Waals surface area contributed by atoms with Crippen LogP contribution in [0.15, 0.2) is 51.6 Å². The first-order valence-corrected chi connectivity index (χ1v) is 14.1. The van der Waals surface area contributed by atoms with E-state index in [0.29, 0.717) is 53.1 Å². The van der Waals surface area contributed by atoms with E-state index in [0.717, 1.165) is 29.3 Å². The number of hydrogen-bond acceptors (Lipinski definition) is 9. The molecule has 1 saturated heterocycles. The van der Waals surface area contributed by atoms with Gasteiger partial charge in [0.1, 0.15) is 12.3 Å². The Balaban J connectivity index is 1.18. The first kappa shape index (κ1) is 27.1. The van der Waals surface area contributed by atoms with Crippen LogP contribution in [0.4, 0.5) is 10.6 Å². The third-order valence-corrected chi connectivity index (χ3v) is 8.23. The summed E-state index contributed by atoms with van der Waals surface area (Å²) in [7, 11) is 0. The molecule has 5 rings (SSSR count). The fraction of sp³-hybridized carbons (Fsp3) is 0.400. The predicted molar refractivity (Wildman–Crippen MR) is 146 cm³/mol. The molecular weight excluding hydrogens is 590 g/mol. The quantitative estimate of drug-likeness (QED) is 0.337. The molecule has 2 amide bonds. The summed E-state index contributed by atoms with van der Waals surface area (Å²) in [6.45, 7) is 3.44. The molecule has 14 heteroatoms. The number of aromatic nitrogens is 4. The zero-order valence-corrected chi connectivity index (χ0v) is 23.5. The van der Waals surface area contributed by atoms with Crippen molar-refractivity contribution in [3.63, 3.8) is 0 Å². The van der Waals surface area contributed by atoms with Gasteiger partial charge < -0.3 is 35.1 Å². The molecule has 39 heavy (non-hydrogen) atoms. The van der Waals surface area contributed by atoms with Gasteiger partial charge >= 0.3 is 6.09 Å². The van der Waals surface area contributed by atoms with Gasteiger partial charge in [0.15, 0.2) is 22.5 Å². The van der Waals surface area contributed by atoms with Gasteiger partial charge in [-0.3, -0.25) is 4.79 Å². The van der Waals surface area contributed by atoms with Crippen LogP contribution in [-0.2, 0) is 20.8 Å². The van der Waals surface area contributed by atoms with Crippen LogP contribution in [0, 0.1) is 5.92 Å². The van der Waals surface area contributed by atoms with Gasteiger partial charge in [0, 0.05) is 29.7 Å². The molecule has 4 aliphatic heterocycles. The molecule has 4 heterocycles. The van der Waals surface area contributed by atoms with Gasteiger partial charge in [-0.05, 0) is 49.9 Å². The van der Waals surface area contributed by atoms with Crippen LogP contribution in [0.2, 0.25) is 0 Å². The third-order valence-electron chi connectivity index (χ3n) is 6.75. The number of anilines is 1. The van der Waals surface area contributed by atoms with Crippen LogP contribution < -0.4 is 11.1 Å². The summed E-state index contributed by atoms with van der Waals surface area (Å²) in [5.41, 5.74) is 7.52. The highest BCUT2D eigenvalue weighted by molar-refractivity contribution is 9.10. The smallest absolute Gasteiger partial charge is 0.405 e. The number of nitrogens with two attached hydrogens (primary N) is 1. The maximum absolute atomic E-state index is 12.5. The van der Waals surface area contributed by atoms with Gasteiger partial charge in [-0.15, -0.1) is 0 Å². The number of likely N-dealkylation sites (tertiary alicyclic amines) is 1. The first-order chi connectivity index (χ1) is 18.8. The maximum atomic E-state index is 12.5. The number of nitrogens with one attached hydrogen (secondary N) is 1. The van der Waals surface area contributed by atoms with E-state index in [1.807, 2.05) is 28.8 Å². The molecule has 206 valence electrons. The average Bonchev–Trinajstić information content (AvgIpc) is 3.56. The highest BCUT2D eigenvalue weighted by Gasteiger charge is 2.29. The summed E-state index contributed by atoms with van der Waals surface area (Å²) in [6.07, 6.45) is 4.04. The molecule has 0 spiro atoms. The molecule has 2 atom stereocenters. The predicted octanol–water partition coefficient (Wildman–Crippen LogP) is 4.04. The number of carbonyl (C=O) groups is 2. The second-order valence-electron chi connectivity index (χ2n) is 9.38. The fourth-order valence-corrected chi connectivity index (χ4v) is 5.81. The minimum atomic E-state index is -1.20. The number of halogens is 1. The number of imidazole rings is 1. The van der Waals surface area contributed by atoms with Gasteiger partial charge in [0.25, 0.3) is 6.29 Å². The number of hydrogen-bond donors (Lipinski definition) is 3. The molecule has 0 radical (unpaired) electrons. The van der Waals surface area contributed by atoms with E-state index in [1.165, 1.54) is 11.8 Å². The molecule has 1 aromatic carbocycles. The van der Waals surface area contributed by atoms with Crippen molar-refractivity contribution in [2.45, 2.75) is 50.2 Å². The lowest BCUT2D eigenvalue weighted by molar-refractivity contribution is -0.134. The van der Waals surface area contributed by atoms with Crippen molar-refractivity contribution in [1.29, 1.82) is 0 Å². The van der Waals surface area contributed by atoms with Crippen LogP contribution in [0.1, 0.15) is 38.0 Å². The average molecular weight is 619 g/mol. The Labute approximate surface area is 237 Å². The van der Waals surface area contributed by atoms with Crippen molar-refractivity contribution in [3.05, 3.63) is 52.0 Å². The second-order valence-corrected chi connectivity index (χ2v) is 11.2. The van der Waals surface area contributed by atoms with E-state index in [4.69, 9.17) is 25.3 Å². The van der Waals surface area contributed by atoms with Crippen LogP contribution in [-0.4, -0.2) is 60.7 Å². The lowest BCUT2D eigenvalue weighted by atomic mass is 9.93. The van der Waals surface area contributed by atoms with Crippen molar-refractivity contribution in [2.75, 3.05) is 18.8 Å². The molecule has 0 aromatic heterocycles. The number of piperidine rings is 1. The Morgan fingerprint density at radius 1 is 1.28 bits per heavy atom. The number of ether oxygens (including phenoxy) is 2. The number of carboxylic acid groups (broad SMARTS) is 1. The Morgan fingerprint density at radius 2 is 2.05 bits per heavy atom. The number of nitrogens with zero attached hydrogens (tertiary/aromatic N) is 5. The van der Waals surface area contributed by atoms with Gasteiger partial charge in [0.2, 0.25) is 11.0 Å². The van der Waals surface area contributed by atoms with Crippen molar-refractivity contribution < 1.29 is 24.2 Å². The summed E-state index contributed by atoms with van der Waals surface area (Å²) >= 11 is 4.77. The zero-order chi connectivity index (χ0) is 27.5. The molecule has 1 fully saturated rings. The van der Waals surface area contributed by atoms with Crippen LogP contribution in [0.3, 0.4) is 0 Å².